The summed E-state index contributed by atoms with van der Waals surface area (Å²) in [4.78, 5) is 11.5. The summed E-state index contributed by atoms with van der Waals surface area (Å²) in [5.41, 5.74) is 5.27. The fourth-order valence-electron chi connectivity index (χ4n) is 3.25. The maximum atomic E-state index is 5.48. The lowest BCUT2D eigenvalue weighted by Gasteiger charge is -2.30. The zero-order valence-corrected chi connectivity index (χ0v) is 16.3. The lowest BCUT2D eigenvalue weighted by Crippen LogP contribution is -2.36. The number of rotatable bonds is 5. The maximum Gasteiger partial charge on any atom is 0.229 e. The van der Waals surface area contributed by atoms with Crippen LogP contribution in [0.3, 0.4) is 0 Å². The monoisotopic (exact) mass is 375 g/mol. The minimum atomic E-state index is 0.579. The number of aryl methyl sites for hydroxylation is 2. The van der Waals surface area contributed by atoms with Gasteiger partial charge < -0.3 is 20.3 Å². The second-order valence-corrected chi connectivity index (χ2v) is 6.95. The summed E-state index contributed by atoms with van der Waals surface area (Å²) >= 11 is 0. The summed E-state index contributed by atoms with van der Waals surface area (Å²) in [6, 6.07) is 18.5. The smallest absolute Gasteiger partial charge is 0.229 e. The van der Waals surface area contributed by atoms with E-state index in [1.807, 2.05) is 31.2 Å². The normalized spacial score (nSPS) is 14.0. The van der Waals surface area contributed by atoms with Crippen LogP contribution in [0.1, 0.15) is 11.3 Å². The van der Waals surface area contributed by atoms with Crippen molar-refractivity contribution < 1.29 is 4.74 Å². The van der Waals surface area contributed by atoms with Crippen LogP contribution in [0.5, 0.6) is 0 Å². The molecule has 6 heteroatoms. The first-order valence-electron chi connectivity index (χ1n) is 9.55. The van der Waals surface area contributed by atoms with Crippen LogP contribution in [0.15, 0.2) is 54.6 Å². The molecule has 0 saturated carbocycles. The van der Waals surface area contributed by atoms with Crippen molar-refractivity contribution in [2.24, 2.45) is 0 Å². The van der Waals surface area contributed by atoms with Gasteiger partial charge in [-0.25, -0.2) is 4.98 Å². The summed E-state index contributed by atoms with van der Waals surface area (Å²) in [6.07, 6.45) is 0. The van der Waals surface area contributed by atoms with Crippen LogP contribution in [-0.4, -0.2) is 36.3 Å². The van der Waals surface area contributed by atoms with Gasteiger partial charge in [-0.3, -0.25) is 0 Å². The Morgan fingerprint density at radius 3 is 2.43 bits per heavy atom. The molecule has 28 heavy (non-hydrogen) atoms. The second-order valence-electron chi connectivity index (χ2n) is 6.95. The van der Waals surface area contributed by atoms with Gasteiger partial charge in [0, 0.05) is 30.5 Å². The van der Waals surface area contributed by atoms with E-state index in [0.29, 0.717) is 5.95 Å². The fourth-order valence-corrected chi connectivity index (χ4v) is 3.25. The Hall–Kier alpha value is -3.12. The van der Waals surface area contributed by atoms with Gasteiger partial charge in [0.05, 0.1) is 24.6 Å². The number of morpholine rings is 1. The first-order chi connectivity index (χ1) is 13.7. The molecule has 0 radical (unpaired) electrons. The first-order valence-corrected chi connectivity index (χ1v) is 9.55. The summed E-state index contributed by atoms with van der Waals surface area (Å²) in [6.45, 7) is 7.31. The van der Waals surface area contributed by atoms with E-state index >= 15 is 0 Å². The van der Waals surface area contributed by atoms with E-state index in [9.17, 15) is 0 Å². The molecule has 0 unspecified atom stereocenters. The molecule has 1 aromatic heterocycles. The maximum absolute atomic E-state index is 5.48. The quantitative estimate of drug-likeness (QED) is 0.688. The molecule has 4 rings (SSSR count). The number of hydrogen-bond donors (Lipinski definition) is 2. The lowest BCUT2D eigenvalue weighted by atomic mass is 10.2. The van der Waals surface area contributed by atoms with Crippen LogP contribution in [0.25, 0.3) is 0 Å². The molecule has 1 fully saturated rings. The standard InChI is InChI=1S/C22H25N5O/c1-16-7-9-18(10-8-16)24-21-15-17(2)23-22(26-21)25-19-5-3-4-6-20(19)27-11-13-28-14-12-27/h3-10,15H,11-14H2,1-2H3,(H2,23,24,25,26). The summed E-state index contributed by atoms with van der Waals surface area (Å²) in [5, 5.41) is 6.76. The molecule has 0 amide bonds. The van der Waals surface area contributed by atoms with Crippen LogP contribution in [0.4, 0.5) is 28.8 Å². The average Bonchev–Trinajstić information content (AvgIpc) is 2.70. The molecular formula is C22H25N5O. The van der Waals surface area contributed by atoms with Crippen molar-refractivity contribution in [3.63, 3.8) is 0 Å². The molecule has 3 aromatic rings. The Morgan fingerprint density at radius 1 is 0.893 bits per heavy atom. The van der Waals surface area contributed by atoms with Crippen LogP contribution in [0, 0.1) is 13.8 Å². The van der Waals surface area contributed by atoms with E-state index in [2.05, 4.69) is 62.8 Å². The molecular weight excluding hydrogens is 350 g/mol. The van der Waals surface area contributed by atoms with E-state index in [1.54, 1.807) is 0 Å². The topological polar surface area (TPSA) is 62.3 Å². The number of anilines is 5. The molecule has 2 heterocycles. The Balaban J connectivity index is 1.57. The Morgan fingerprint density at radius 2 is 1.64 bits per heavy atom. The highest BCUT2D eigenvalue weighted by molar-refractivity contribution is 5.74. The van der Waals surface area contributed by atoms with Crippen molar-refractivity contribution in [2.75, 3.05) is 41.8 Å². The van der Waals surface area contributed by atoms with Crippen molar-refractivity contribution in [1.82, 2.24) is 9.97 Å². The molecule has 6 nitrogen and oxygen atoms in total. The average molecular weight is 375 g/mol. The number of benzene rings is 2. The largest absolute Gasteiger partial charge is 0.378 e. The van der Waals surface area contributed by atoms with Crippen molar-refractivity contribution in [2.45, 2.75) is 13.8 Å². The molecule has 2 N–H and O–H groups in total. The Kier molecular flexibility index (Phi) is 5.39. The molecule has 0 atom stereocenters. The van der Waals surface area contributed by atoms with Crippen LogP contribution in [-0.2, 0) is 4.74 Å². The number of nitrogens with one attached hydrogen (secondary N) is 2. The third kappa shape index (κ3) is 4.40. The van der Waals surface area contributed by atoms with E-state index in [4.69, 9.17) is 4.74 Å². The summed E-state index contributed by atoms with van der Waals surface area (Å²) in [5.74, 6) is 1.35. The minimum absolute atomic E-state index is 0.579. The molecule has 2 aromatic carbocycles. The second kappa shape index (κ2) is 8.27. The van der Waals surface area contributed by atoms with Gasteiger partial charge >= 0.3 is 0 Å². The van der Waals surface area contributed by atoms with Crippen molar-refractivity contribution in [1.29, 1.82) is 0 Å². The molecule has 144 valence electrons. The van der Waals surface area contributed by atoms with E-state index in [1.165, 1.54) is 5.56 Å². The van der Waals surface area contributed by atoms with E-state index in [-0.39, 0.29) is 0 Å². The Bertz CT molecular complexity index is 936. The number of hydrogen-bond acceptors (Lipinski definition) is 6. The van der Waals surface area contributed by atoms with Crippen LogP contribution >= 0.6 is 0 Å². The predicted molar refractivity (Wildman–Crippen MR) is 114 cm³/mol. The molecule has 0 aliphatic carbocycles. The van der Waals surface area contributed by atoms with Gasteiger partial charge in [-0.2, -0.15) is 4.98 Å². The van der Waals surface area contributed by atoms with Gasteiger partial charge in [0.1, 0.15) is 5.82 Å². The number of aromatic nitrogens is 2. The predicted octanol–water partition coefficient (Wildman–Crippen LogP) is 4.42. The summed E-state index contributed by atoms with van der Waals surface area (Å²) < 4.78 is 5.48. The number of nitrogens with zero attached hydrogens (tertiary/aromatic N) is 3. The fraction of sp³-hybridized carbons (Fsp3) is 0.273. The first kappa shape index (κ1) is 18.3. The van der Waals surface area contributed by atoms with Crippen molar-refractivity contribution >= 4 is 28.8 Å². The molecule has 1 aliphatic rings. The molecule has 0 bridgehead atoms. The van der Waals surface area contributed by atoms with E-state index < -0.39 is 0 Å². The van der Waals surface area contributed by atoms with E-state index in [0.717, 1.165) is 54.9 Å². The lowest BCUT2D eigenvalue weighted by molar-refractivity contribution is 0.123. The zero-order valence-electron chi connectivity index (χ0n) is 16.3. The SMILES string of the molecule is Cc1ccc(Nc2cc(C)nc(Nc3ccccc3N3CCOCC3)n2)cc1. The Labute approximate surface area is 165 Å². The third-order valence-corrected chi connectivity index (χ3v) is 4.68. The number of ether oxygens (including phenoxy) is 1. The molecule has 0 spiro atoms. The molecule has 1 saturated heterocycles. The van der Waals surface area contributed by atoms with Crippen LogP contribution in [0.2, 0.25) is 0 Å². The highest BCUT2D eigenvalue weighted by Crippen LogP contribution is 2.29. The zero-order chi connectivity index (χ0) is 19.3. The van der Waals surface area contributed by atoms with Gasteiger partial charge in [0.25, 0.3) is 0 Å². The van der Waals surface area contributed by atoms with Crippen LogP contribution < -0.4 is 15.5 Å². The van der Waals surface area contributed by atoms with Gasteiger partial charge in [-0.05, 0) is 38.1 Å². The highest BCUT2D eigenvalue weighted by Gasteiger charge is 2.15. The van der Waals surface area contributed by atoms with Gasteiger partial charge in [0.15, 0.2) is 0 Å². The van der Waals surface area contributed by atoms with Crippen molar-refractivity contribution in [3.8, 4) is 0 Å². The number of para-hydroxylation sites is 2. The van der Waals surface area contributed by atoms with Gasteiger partial charge in [0.2, 0.25) is 5.95 Å². The molecule has 1 aliphatic heterocycles. The third-order valence-electron chi connectivity index (χ3n) is 4.68. The minimum Gasteiger partial charge on any atom is -0.378 e. The van der Waals surface area contributed by atoms with Gasteiger partial charge in [-0.15, -0.1) is 0 Å². The summed E-state index contributed by atoms with van der Waals surface area (Å²) in [7, 11) is 0. The highest BCUT2D eigenvalue weighted by atomic mass is 16.5. The van der Waals surface area contributed by atoms with Crippen molar-refractivity contribution in [3.05, 3.63) is 65.9 Å². The van der Waals surface area contributed by atoms with Gasteiger partial charge in [-0.1, -0.05) is 29.8 Å².